The van der Waals surface area contributed by atoms with E-state index >= 15 is 0 Å². The zero-order chi connectivity index (χ0) is 8.32. The molecule has 2 heteroatoms. The van der Waals surface area contributed by atoms with Gasteiger partial charge in [-0.2, -0.15) is 11.8 Å². The van der Waals surface area contributed by atoms with Crippen molar-refractivity contribution in [3.8, 4) is 0 Å². The van der Waals surface area contributed by atoms with E-state index in [1.165, 1.54) is 25.0 Å². The van der Waals surface area contributed by atoms with Crippen LogP contribution in [0.15, 0.2) is 0 Å². The Morgan fingerprint density at radius 3 is 2.73 bits per heavy atom. The number of thioether (sulfide) groups is 1. The second-order valence-electron chi connectivity index (χ2n) is 4.16. The van der Waals surface area contributed by atoms with Crippen LogP contribution in [0, 0.1) is 5.41 Å². The standard InChI is InChI=1S/C9H18OS/c1-9(2,7-10)6-8-4-3-5-11-8/h8,10H,3-7H2,1-2H3. The summed E-state index contributed by atoms with van der Waals surface area (Å²) >= 11 is 2.07. The van der Waals surface area contributed by atoms with Crippen LogP contribution >= 0.6 is 11.8 Å². The van der Waals surface area contributed by atoms with Gasteiger partial charge in [-0.3, -0.25) is 0 Å². The summed E-state index contributed by atoms with van der Waals surface area (Å²) in [6, 6.07) is 0. The topological polar surface area (TPSA) is 20.2 Å². The molecule has 0 bridgehead atoms. The van der Waals surface area contributed by atoms with Gasteiger partial charge in [-0.25, -0.2) is 0 Å². The van der Waals surface area contributed by atoms with Crippen LogP contribution in [-0.2, 0) is 0 Å². The van der Waals surface area contributed by atoms with Crippen molar-refractivity contribution in [1.82, 2.24) is 0 Å². The highest BCUT2D eigenvalue weighted by molar-refractivity contribution is 8.00. The lowest BCUT2D eigenvalue weighted by Gasteiger charge is -2.24. The Bertz CT molecular complexity index is 117. The first-order valence-corrected chi connectivity index (χ1v) is 5.41. The Kier molecular flexibility index (Phi) is 3.26. The first-order chi connectivity index (χ1) is 5.14. The molecule has 1 rings (SSSR count). The molecule has 0 aromatic heterocycles. The summed E-state index contributed by atoms with van der Waals surface area (Å²) in [5.41, 5.74) is 0.141. The Morgan fingerprint density at radius 1 is 1.55 bits per heavy atom. The average Bonchev–Trinajstić information content (AvgIpc) is 2.39. The summed E-state index contributed by atoms with van der Waals surface area (Å²) in [7, 11) is 0. The van der Waals surface area contributed by atoms with Gasteiger partial charge in [0.05, 0.1) is 0 Å². The third-order valence-corrected chi connectivity index (χ3v) is 3.63. The molecule has 0 aromatic rings. The zero-order valence-corrected chi connectivity index (χ0v) is 8.28. The minimum Gasteiger partial charge on any atom is -0.396 e. The Labute approximate surface area is 73.6 Å². The van der Waals surface area contributed by atoms with Gasteiger partial charge in [-0.15, -0.1) is 0 Å². The van der Waals surface area contributed by atoms with Gasteiger partial charge in [0.15, 0.2) is 0 Å². The van der Waals surface area contributed by atoms with Crippen LogP contribution in [0.1, 0.15) is 33.1 Å². The number of hydrogen-bond donors (Lipinski definition) is 1. The van der Waals surface area contributed by atoms with Crippen molar-refractivity contribution in [3.63, 3.8) is 0 Å². The fraction of sp³-hybridized carbons (Fsp3) is 1.00. The average molecular weight is 174 g/mol. The molecule has 0 saturated carbocycles. The molecular formula is C9H18OS. The van der Waals surface area contributed by atoms with Crippen molar-refractivity contribution in [1.29, 1.82) is 0 Å². The second kappa shape index (κ2) is 3.81. The van der Waals surface area contributed by atoms with Gasteiger partial charge < -0.3 is 5.11 Å². The first-order valence-electron chi connectivity index (χ1n) is 4.36. The number of aliphatic hydroxyl groups excluding tert-OH is 1. The quantitative estimate of drug-likeness (QED) is 0.708. The summed E-state index contributed by atoms with van der Waals surface area (Å²) in [5, 5.41) is 9.86. The Morgan fingerprint density at radius 2 is 2.27 bits per heavy atom. The molecule has 0 aromatic carbocycles. The van der Waals surface area contributed by atoms with Crippen LogP contribution in [-0.4, -0.2) is 22.7 Å². The third kappa shape index (κ3) is 3.04. The molecule has 0 radical (unpaired) electrons. The molecule has 1 fully saturated rings. The molecule has 1 unspecified atom stereocenters. The molecule has 1 heterocycles. The monoisotopic (exact) mass is 174 g/mol. The van der Waals surface area contributed by atoms with Gasteiger partial charge in [-0.05, 0) is 30.4 Å². The summed E-state index contributed by atoms with van der Waals surface area (Å²) in [6.45, 7) is 4.61. The van der Waals surface area contributed by atoms with Crippen LogP contribution < -0.4 is 0 Å². The highest BCUT2D eigenvalue weighted by Gasteiger charge is 2.25. The normalized spacial score (nSPS) is 25.9. The molecule has 1 saturated heterocycles. The van der Waals surface area contributed by atoms with Crippen molar-refractivity contribution in [2.45, 2.75) is 38.4 Å². The lowest BCUT2D eigenvalue weighted by molar-refractivity contribution is 0.149. The van der Waals surface area contributed by atoms with E-state index in [-0.39, 0.29) is 5.41 Å². The van der Waals surface area contributed by atoms with Gasteiger partial charge in [0.25, 0.3) is 0 Å². The van der Waals surface area contributed by atoms with E-state index in [1.807, 2.05) is 0 Å². The predicted molar refractivity (Wildman–Crippen MR) is 51.0 cm³/mol. The number of rotatable bonds is 3. The van der Waals surface area contributed by atoms with E-state index in [2.05, 4.69) is 25.6 Å². The molecule has 1 aliphatic heterocycles. The first kappa shape index (κ1) is 9.40. The lowest BCUT2D eigenvalue weighted by Crippen LogP contribution is -2.21. The highest BCUT2D eigenvalue weighted by atomic mass is 32.2. The van der Waals surface area contributed by atoms with Crippen molar-refractivity contribution >= 4 is 11.8 Å². The maximum Gasteiger partial charge on any atom is 0.0482 e. The van der Waals surface area contributed by atoms with E-state index in [0.29, 0.717) is 6.61 Å². The molecule has 0 aliphatic carbocycles. The van der Waals surface area contributed by atoms with Crippen molar-refractivity contribution in [2.24, 2.45) is 5.41 Å². The van der Waals surface area contributed by atoms with E-state index in [0.717, 1.165) is 5.25 Å². The van der Waals surface area contributed by atoms with Crippen LogP contribution in [0.5, 0.6) is 0 Å². The van der Waals surface area contributed by atoms with E-state index < -0.39 is 0 Å². The summed E-state index contributed by atoms with van der Waals surface area (Å²) in [5.74, 6) is 1.33. The molecule has 1 N–H and O–H groups in total. The maximum absolute atomic E-state index is 9.05. The number of hydrogen-bond acceptors (Lipinski definition) is 2. The molecular weight excluding hydrogens is 156 g/mol. The van der Waals surface area contributed by atoms with Gasteiger partial charge in [0.2, 0.25) is 0 Å². The van der Waals surface area contributed by atoms with Gasteiger partial charge in [0, 0.05) is 11.9 Å². The molecule has 0 spiro atoms. The largest absolute Gasteiger partial charge is 0.396 e. The number of aliphatic hydroxyl groups is 1. The fourth-order valence-electron chi connectivity index (χ4n) is 1.49. The van der Waals surface area contributed by atoms with Crippen LogP contribution in [0.3, 0.4) is 0 Å². The second-order valence-corrected chi connectivity index (χ2v) is 5.57. The molecule has 11 heavy (non-hydrogen) atoms. The van der Waals surface area contributed by atoms with Crippen LogP contribution in [0.2, 0.25) is 0 Å². The van der Waals surface area contributed by atoms with Gasteiger partial charge in [0.1, 0.15) is 0 Å². The molecule has 1 nitrogen and oxygen atoms in total. The smallest absolute Gasteiger partial charge is 0.0482 e. The predicted octanol–water partition coefficient (Wildman–Crippen LogP) is 2.29. The summed E-state index contributed by atoms with van der Waals surface area (Å²) < 4.78 is 0. The molecule has 1 aliphatic rings. The Balaban J connectivity index is 2.28. The molecule has 1 atom stereocenters. The van der Waals surface area contributed by atoms with E-state index in [1.54, 1.807) is 0 Å². The molecule has 66 valence electrons. The lowest BCUT2D eigenvalue weighted by atomic mass is 9.88. The minimum absolute atomic E-state index is 0.141. The minimum atomic E-state index is 0.141. The zero-order valence-electron chi connectivity index (χ0n) is 7.47. The highest BCUT2D eigenvalue weighted by Crippen LogP contribution is 2.35. The van der Waals surface area contributed by atoms with E-state index in [4.69, 9.17) is 5.11 Å². The van der Waals surface area contributed by atoms with Gasteiger partial charge >= 0.3 is 0 Å². The third-order valence-electron chi connectivity index (χ3n) is 2.23. The van der Waals surface area contributed by atoms with Crippen LogP contribution in [0.4, 0.5) is 0 Å². The fourth-order valence-corrected chi connectivity index (χ4v) is 3.06. The Hall–Kier alpha value is 0.310. The SMILES string of the molecule is CC(C)(CO)CC1CCCS1. The van der Waals surface area contributed by atoms with Crippen molar-refractivity contribution in [2.75, 3.05) is 12.4 Å². The van der Waals surface area contributed by atoms with Gasteiger partial charge in [-0.1, -0.05) is 13.8 Å². The summed E-state index contributed by atoms with van der Waals surface area (Å²) in [4.78, 5) is 0. The maximum atomic E-state index is 9.05. The van der Waals surface area contributed by atoms with Crippen molar-refractivity contribution in [3.05, 3.63) is 0 Å². The summed E-state index contributed by atoms with van der Waals surface area (Å²) in [6.07, 6.45) is 3.90. The van der Waals surface area contributed by atoms with Crippen molar-refractivity contribution < 1.29 is 5.11 Å². The molecule has 0 amide bonds. The van der Waals surface area contributed by atoms with E-state index in [9.17, 15) is 0 Å². The van der Waals surface area contributed by atoms with Crippen LogP contribution in [0.25, 0.3) is 0 Å².